The number of hydrogen-bond acceptors (Lipinski definition) is 1. The van der Waals surface area contributed by atoms with Crippen molar-refractivity contribution < 1.29 is 8.78 Å². The molecular weight excluding hydrogens is 256 g/mol. The molecule has 112 valence electrons. The molecule has 0 bridgehead atoms. The third kappa shape index (κ3) is 4.27. The van der Waals surface area contributed by atoms with Crippen LogP contribution in [0, 0.1) is 17.6 Å². The van der Waals surface area contributed by atoms with Crippen LogP contribution in [0.3, 0.4) is 0 Å². The molecule has 1 aliphatic carbocycles. The summed E-state index contributed by atoms with van der Waals surface area (Å²) in [5.74, 6) is -0.699. The third-order valence-corrected chi connectivity index (χ3v) is 4.38. The van der Waals surface area contributed by atoms with Crippen LogP contribution in [0.15, 0.2) is 18.2 Å². The van der Waals surface area contributed by atoms with E-state index in [2.05, 4.69) is 5.32 Å². The van der Waals surface area contributed by atoms with Gasteiger partial charge in [-0.3, -0.25) is 0 Å². The van der Waals surface area contributed by atoms with E-state index in [1.165, 1.54) is 50.7 Å². The predicted octanol–water partition coefficient (Wildman–Crippen LogP) is 4.98. The molecule has 2 rings (SSSR count). The maximum Gasteiger partial charge on any atom is 0.159 e. The highest BCUT2D eigenvalue weighted by atomic mass is 19.2. The zero-order valence-electron chi connectivity index (χ0n) is 12.3. The molecule has 0 aromatic heterocycles. The molecule has 0 amide bonds. The Hall–Kier alpha value is -0.960. The van der Waals surface area contributed by atoms with Gasteiger partial charge in [-0.2, -0.15) is 0 Å². The molecule has 1 nitrogen and oxygen atoms in total. The molecule has 20 heavy (non-hydrogen) atoms. The molecular formula is C17H25F2N. The average molecular weight is 281 g/mol. The molecule has 0 heterocycles. The predicted molar refractivity (Wildman–Crippen MR) is 78.6 cm³/mol. The summed E-state index contributed by atoms with van der Waals surface area (Å²) in [4.78, 5) is 0. The summed E-state index contributed by atoms with van der Waals surface area (Å²) in [7, 11) is 0. The van der Waals surface area contributed by atoms with E-state index in [0.29, 0.717) is 0 Å². The molecule has 1 fully saturated rings. The fraction of sp³-hybridized carbons (Fsp3) is 0.647. The van der Waals surface area contributed by atoms with Crippen molar-refractivity contribution in [1.29, 1.82) is 0 Å². The van der Waals surface area contributed by atoms with Crippen molar-refractivity contribution in [3.63, 3.8) is 0 Å². The van der Waals surface area contributed by atoms with Crippen molar-refractivity contribution in [2.45, 2.75) is 57.9 Å². The van der Waals surface area contributed by atoms with E-state index in [1.54, 1.807) is 6.07 Å². The zero-order chi connectivity index (χ0) is 14.4. The molecule has 1 unspecified atom stereocenters. The summed E-state index contributed by atoms with van der Waals surface area (Å²) in [5, 5.41) is 3.40. The number of hydrogen-bond donors (Lipinski definition) is 1. The van der Waals surface area contributed by atoms with Gasteiger partial charge in [-0.15, -0.1) is 0 Å². The van der Waals surface area contributed by atoms with E-state index in [9.17, 15) is 8.78 Å². The SMILES string of the molecule is CCNC(CCC1CCCCC1)c1ccc(F)c(F)c1. The first-order chi connectivity index (χ1) is 9.70. The molecule has 1 N–H and O–H groups in total. The number of nitrogens with one attached hydrogen (secondary N) is 1. The Balaban J connectivity index is 1.96. The fourth-order valence-electron chi connectivity index (χ4n) is 3.24. The Kier molecular flexibility index (Phi) is 5.96. The van der Waals surface area contributed by atoms with Gasteiger partial charge in [0.15, 0.2) is 11.6 Å². The minimum atomic E-state index is -0.767. The molecule has 1 atom stereocenters. The topological polar surface area (TPSA) is 12.0 Å². The fourth-order valence-corrected chi connectivity index (χ4v) is 3.24. The highest BCUT2D eigenvalue weighted by Crippen LogP contribution is 2.30. The van der Waals surface area contributed by atoms with Gasteiger partial charge in [0.25, 0.3) is 0 Å². The zero-order valence-corrected chi connectivity index (χ0v) is 12.3. The first-order valence-electron chi connectivity index (χ1n) is 7.89. The molecule has 1 aliphatic rings. The highest BCUT2D eigenvalue weighted by molar-refractivity contribution is 5.21. The Morgan fingerprint density at radius 1 is 1.15 bits per heavy atom. The van der Waals surface area contributed by atoms with Gasteiger partial charge in [0.2, 0.25) is 0 Å². The van der Waals surface area contributed by atoms with Crippen LogP contribution in [-0.2, 0) is 0 Å². The average Bonchev–Trinajstić information content (AvgIpc) is 2.47. The standard InChI is InChI=1S/C17H25F2N/c1-2-20-17(11-8-13-6-4-3-5-7-13)14-9-10-15(18)16(19)12-14/h9-10,12-13,17,20H,2-8,11H2,1H3. The molecule has 0 spiro atoms. The molecule has 0 radical (unpaired) electrons. The van der Waals surface area contributed by atoms with Gasteiger partial charge in [-0.1, -0.05) is 45.1 Å². The van der Waals surface area contributed by atoms with Gasteiger partial charge in [0.05, 0.1) is 0 Å². The lowest BCUT2D eigenvalue weighted by atomic mass is 9.84. The maximum atomic E-state index is 13.4. The third-order valence-electron chi connectivity index (χ3n) is 4.38. The van der Waals surface area contributed by atoms with Gasteiger partial charge >= 0.3 is 0 Å². The van der Waals surface area contributed by atoms with E-state index in [1.807, 2.05) is 6.92 Å². The van der Waals surface area contributed by atoms with Crippen LogP contribution in [0.2, 0.25) is 0 Å². The van der Waals surface area contributed by atoms with Gasteiger partial charge in [-0.05, 0) is 43.0 Å². The van der Waals surface area contributed by atoms with Crippen LogP contribution in [0.25, 0.3) is 0 Å². The Morgan fingerprint density at radius 2 is 1.90 bits per heavy atom. The van der Waals surface area contributed by atoms with Crippen LogP contribution in [0.4, 0.5) is 8.78 Å². The first-order valence-corrected chi connectivity index (χ1v) is 7.89. The Bertz CT molecular complexity index is 413. The van der Waals surface area contributed by atoms with E-state index >= 15 is 0 Å². The summed E-state index contributed by atoms with van der Waals surface area (Å²) in [6, 6.07) is 4.41. The Morgan fingerprint density at radius 3 is 2.55 bits per heavy atom. The van der Waals surface area contributed by atoms with E-state index in [-0.39, 0.29) is 6.04 Å². The van der Waals surface area contributed by atoms with Crippen LogP contribution >= 0.6 is 0 Å². The van der Waals surface area contributed by atoms with Gasteiger partial charge in [0.1, 0.15) is 0 Å². The van der Waals surface area contributed by atoms with E-state index in [4.69, 9.17) is 0 Å². The second-order valence-corrected chi connectivity index (χ2v) is 5.87. The largest absolute Gasteiger partial charge is 0.310 e. The van der Waals surface area contributed by atoms with Crippen LogP contribution in [-0.4, -0.2) is 6.54 Å². The summed E-state index contributed by atoms with van der Waals surface area (Å²) < 4.78 is 26.4. The quantitative estimate of drug-likeness (QED) is 0.775. The van der Waals surface area contributed by atoms with Gasteiger partial charge < -0.3 is 5.32 Å². The van der Waals surface area contributed by atoms with E-state index < -0.39 is 11.6 Å². The van der Waals surface area contributed by atoms with Gasteiger partial charge in [0, 0.05) is 6.04 Å². The number of rotatable bonds is 6. The summed E-state index contributed by atoms with van der Waals surface area (Å²) >= 11 is 0. The number of halogens is 2. The second kappa shape index (κ2) is 7.72. The van der Waals surface area contributed by atoms with Crippen LogP contribution in [0.5, 0.6) is 0 Å². The molecule has 1 aromatic carbocycles. The second-order valence-electron chi connectivity index (χ2n) is 5.87. The monoisotopic (exact) mass is 281 g/mol. The summed E-state index contributed by atoms with van der Waals surface area (Å²) in [6.45, 7) is 2.89. The summed E-state index contributed by atoms with van der Waals surface area (Å²) in [6.07, 6.45) is 8.91. The van der Waals surface area contributed by atoms with Crippen molar-refractivity contribution in [2.24, 2.45) is 5.92 Å². The maximum absolute atomic E-state index is 13.4. The van der Waals surface area contributed by atoms with Crippen molar-refractivity contribution in [3.8, 4) is 0 Å². The lowest BCUT2D eigenvalue weighted by molar-refractivity contribution is 0.315. The Labute approximate surface area is 120 Å². The first kappa shape index (κ1) is 15.4. The van der Waals surface area contributed by atoms with Crippen LogP contribution in [0.1, 0.15) is 63.5 Å². The molecule has 1 aromatic rings. The van der Waals surface area contributed by atoms with E-state index in [0.717, 1.165) is 24.4 Å². The molecule has 0 saturated heterocycles. The molecule has 3 heteroatoms. The van der Waals surface area contributed by atoms with Gasteiger partial charge in [-0.25, -0.2) is 8.78 Å². The molecule has 0 aliphatic heterocycles. The highest BCUT2D eigenvalue weighted by Gasteiger charge is 2.17. The normalized spacial score (nSPS) is 18.1. The van der Waals surface area contributed by atoms with Crippen molar-refractivity contribution >= 4 is 0 Å². The lowest BCUT2D eigenvalue weighted by Crippen LogP contribution is -2.22. The minimum absolute atomic E-state index is 0.136. The van der Waals surface area contributed by atoms with Crippen molar-refractivity contribution in [1.82, 2.24) is 5.32 Å². The van der Waals surface area contributed by atoms with Crippen molar-refractivity contribution in [2.75, 3.05) is 6.54 Å². The molecule has 1 saturated carbocycles. The number of benzene rings is 1. The minimum Gasteiger partial charge on any atom is -0.310 e. The van der Waals surface area contributed by atoms with Crippen molar-refractivity contribution in [3.05, 3.63) is 35.4 Å². The van der Waals surface area contributed by atoms with Crippen LogP contribution < -0.4 is 5.32 Å². The lowest BCUT2D eigenvalue weighted by Gasteiger charge is -2.25. The smallest absolute Gasteiger partial charge is 0.159 e. The summed E-state index contributed by atoms with van der Waals surface area (Å²) in [5.41, 5.74) is 0.863.